The Bertz CT molecular complexity index is 779. The predicted molar refractivity (Wildman–Crippen MR) is 90.1 cm³/mol. The van der Waals surface area contributed by atoms with Crippen LogP contribution in [0.2, 0.25) is 0 Å². The van der Waals surface area contributed by atoms with Gasteiger partial charge in [-0.15, -0.1) is 0 Å². The van der Waals surface area contributed by atoms with E-state index in [1.54, 1.807) is 37.5 Å². The van der Waals surface area contributed by atoms with Crippen LogP contribution in [0.3, 0.4) is 0 Å². The molecule has 0 heterocycles. The fourth-order valence-electron chi connectivity index (χ4n) is 2.24. The molecule has 2 N–H and O–H groups in total. The molecule has 6 nitrogen and oxygen atoms in total. The smallest absolute Gasteiger partial charge is 0.340 e. The highest BCUT2D eigenvalue weighted by Gasteiger charge is 2.16. The minimum atomic E-state index is -1.23. The molecule has 0 spiro atoms. The molecule has 126 valence electrons. The molecule has 24 heavy (non-hydrogen) atoms. The Kier molecular flexibility index (Phi) is 5.31. The Morgan fingerprint density at radius 3 is 2.17 bits per heavy atom. The van der Waals surface area contributed by atoms with Crippen molar-refractivity contribution in [3.05, 3.63) is 47.0 Å². The highest BCUT2D eigenvalue weighted by atomic mass is 16.5. The Labute approximate surface area is 139 Å². The number of carboxylic acid groups (broad SMARTS) is 1. The van der Waals surface area contributed by atoms with Crippen molar-refractivity contribution in [2.24, 2.45) is 0 Å². The summed E-state index contributed by atoms with van der Waals surface area (Å²) in [6.07, 6.45) is 3.27. The van der Waals surface area contributed by atoms with Crippen molar-refractivity contribution in [2.75, 3.05) is 21.3 Å². The molecule has 0 aromatic heterocycles. The van der Waals surface area contributed by atoms with Crippen LogP contribution in [0.25, 0.3) is 12.2 Å². The van der Waals surface area contributed by atoms with Gasteiger partial charge in [-0.25, -0.2) is 4.79 Å². The first-order valence-corrected chi connectivity index (χ1v) is 7.04. The van der Waals surface area contributed by atoms with E-state index in [9.17, 15) is 15.0 Å². The van der Waals surface area contributed by atoms with Crippen LogP contribution in [-0.2, 0) is 0 Å². The van der Waals surface area contributed by atoms with Gasteiger partial charge in [0, 0.05) is 17.7 Å². The summed E-state index contributed by atoms with van der Waals surface area (Å²) in [4.78, 5) is 11.4. The molecule has 2 aromatic carbocycles. The molecule has 6 heteroatoms. The highest BCUT2D eigenvalue weighted by Crippen LogP contribution is 2.31. The maximum absolute atomic E-state index is 11.4. The molecular weight excluding hydrogens is 312 g/mol. The molecule has 2 rings (SSSR count). The molecule has 0 fully saturated rings. The fraction of sp³-hybridized carbons (Fsp3) is 0.167. The standard InChI is InChI=1S/C18H18O6/c1-22-13-7-6-11(16(10-13)24-3)4-5-12-8-14(23-2)9-15(19)17(12)18(20)21/h4-10,19H,1-3H3,(H,20,21). The van der Waals surface area contributed by atoms with Crippen LogP contribution in [0.5, 0.6) is 23.0 Å². The molecule has 0 saturated heterocycles. The number of carboxylic acids is 1. The molecule has 0 aliphatic rings. The van der Waals surface area contributed by atoms with Gasteiger partial charge < -0.3 is 24.4 Å². The summed E-state index contributed by atoms with van der Waals surface area (Å²) >= 11 is 0. The minimum absolute atomic E-state index is 0.195. The van der Waals surface area contributed by atoms with Crippen LogP contribution < -0.4 is 14.2 Å². The van der Waals surface area contributed by atoms with Gasteiger partial charge in [0.2, 0.25) is 0 Å². The fourth-order valence-corrected chi connectivity index (χ4v) is 2.24. The summed E-state index contributed by atoms with van der Waals surface area (Å²) < 4.78 is 15.5. The second kappa shape index (κ2) is 7.41. The van der Waals surface area contributed by atoms with E-state index in [2.05, 4.69) is 0 Å². The first-order valence-electron chi connectivity index (χ1n) is 7.04. The van der Waals surface area contributed by atoms with Crippen LogP contribution >= 0.6 is 0 Å². The normalized spacial score (nSPS) is 10.6. The number of phenols is 1. The molecule has 0 amide bonds. The van der Waals surface area contributed by atoms with Crippen molar-refractivity contribution in [2.45, 2.75) is 0 Å². The monoisotopic (exact) mass is 330 g/mol. The van der Waals surface area contributed by atoms with Crippen molar-refractivity contribution >= 4 is 18.1 Å². The van der Waals surface area contributed by atoms with Gasteiger partial charge >= 0.3 is 5.97 Å². The van der Waals surface area contributed by atoms with Crippen LogP contribution in [-0.4, -0.2) is 37.5 Å². The van der Waals surface area contributed by atoms with E-state index < -0.39 is 5.97 Å². The van der Waals surface area contributed by atoms with E-state index in [0.29, 0.717) is 22.8 Å². The molecule has 0 radical (unpaired) electrons. The van der Waals surface area contributed by atoms with Gasteiger partial charge in [-0.1, -0.05) is 12.2 Å². The van der Waals surface area contributed by atoms with Crippen molar-refractivity contribution in [3.63, 3.8) is 0 Å². The van der Waals surface area contributed by atoms with Gasteiger partial charge in [0.05, 0.1) is 21.3 Å². The van der Waals surface area contributed by atoms with Gasteiger partial charge in [0.15, 0.2) is 0 Å². The number of aromatic carboxylic acids is 1. The van der Waals surface area contributed by atoms with Gasteiger partial charge in [-0.3, -0.25) is 0 Å². The number of hydrogen-bond acceptors (Lipinski definition) is 5. The minimum Gasteiger partial charge on any atom is -0.507 e. The number of carbonyl (C=O) groups is 1. The lowest BCUT2D eigenvalue weighted by atomic mass is 10.0. The van der Waals surface area contributed by atoms with Crippen molar-refractivity contribution < 1.29 is 29.2 Å². The molecule has 0 bridgehead atoms. The highest BCUT2D eigenvalue weighted by molar-refractivity contribution is 5.96. The Morgan fingerprint density at radius 1 is 0.917 bits per heavy atom. The first-order chi connectivity index (χ1) is 11.5. The Hall–Kier alpha value is -3.15. The summed E-state index contributed by atoms with van der Waals surface area (Å²) in [6.45, 7) is 0. The largest absolute Gasteiger partial charge is 0.507 e. The van der Waals surface area contributed by atoms with Crippen molar-refractivity contribution in [1.29, 1.82) is 0 Å². The topological polar surface area (TPSA) is 85.2 Å². The van der Waals surface area contributed by atoms with Crippen LogP contribution in [0.4, 0.5) is 0 Å². The first kappa shape index (κ1) is 17.2. The summed E-state index contributed by atoms with van der Waals surface area (Å²) in [5.74, 6) is 0.00221. The van der Waals surface area contributed by atoms with Gasteiger partial charge in [-0.05, 0) is 23.8 Å². The molecule has 0 aliphatic heterocycles. The number of hydrogen-bond donors (Lipinski definition) is 2. The molecular formula is C18H18O6. The number of ether oxygens (including phenoxy) is 3. The summed E-state index contributed by atoms with van der Waals surface area (Å²) in [5.41, 5.74) is 0.855. The maximum Gasteiger partial charge on any atom is 0.340 e. The van der Waals surface area contributed by atoms with E-state index in [1.807, 2.05) is 0 Å². The molecule has 0 atom stereocenters. The summed E-state index contributed by atoms with van der Waals surface area (Å²) in [6, 6.07) is 8.07. The zero-order valence-corrected chi connectivity index (χ0v) is 13.6. The summed E-state index contributed by atoms with van der Waals surface area (Å²) in [5, 5.41) is 19.2. The predicted octanol–water partition coefficient (Wildman–Crippen LogP) is 3.29. The number of methoxy groups -OCH3 is 3. The molecule has 0 aliphatic carbocycles. The van der Waals surface area contributed by atoms with Crippen molar-refractivity contribution in [3.8, 4) is 23.0 Å². The van der Waals surface area contributed by atoms with Crippen LogP contribution in [0, 0.1) is 0 Å². The number of rotatable bonds is 6. The third-order valence-electron chi connectivity index (χ3n) is 3.45. The average molecular weight is 330 g/mol. The van der Waals surface area contributed by atoms with Crippen molar-refractivity contribution in [1.82, 2.24) is 0 Å². The quantitative estimate of drug-likeness (QED) is 0.791. The second-order valence-corrected chi connectivity index (χ2v) is 4.86. The SMILES string of the molecule is COc1cc(O)c(C(=O)O)c(C=Cc2ccc(OC)cc2OC)c1. The van der Waals surface area contributed by atoms with Gasteiger partial charge in [0.25, 0.3) is 0 Å². The van der Waals surface area contributed by atoms with E-state index in [-0.39, 0.29) is 11.3 Å². The number of aromatic hydroxyl groups is 1. The van der Waals surface area contributed by atoms with E-state index in [4.69, 9.17) is 14.2 Å². The molecule has 0 unspecified atom stereocenters. The molecule has 2 aromatic rings. The van der Waals surface area contributed by atoms with E-state index in [0.717, 1.165) is 5.56 Å². The number of benzene rings is 2. The van der Waals surface area contributed by atoms with Crippen LogP contribution in [0.1, 0.15) is 21.5 Å². The zero-order valence-electron chi connectivity index (χ0n) is 13.6. The van der Waals surface area contributed by atoms with Gasteiger partial charge in [0.1, 0.15) is 28.6 Å². The van der Waals surface area contributed by atoms with E-state index in [1.165, 1.54) is 26.4 Å². The maximum atomic E-state index is 11.4. The molecule has 0 saturated carbocycles. The summed E-state index contributed by atoms with van der Waals surface area (Å²) in [7, 11) is 4.53. The lowest BCUT2D eigenvalue weighted by Gasteiger charge is -2.09. The second-order valence-electron chi connectivity index (χ2n) is 4.86. The third-order valence-corrected chi connectivity index (χ3v) is 3.45. The van der Waals surface area contributed by atoms with Crippen LogP contribution in [0.15, 0.2) is 30.3 Å². The third kappa shape index (κ3) is 3.60. The Morgan fingerprint density at radius 2 is 1.58 bits per heavy atom. The lowest BCUT2D eigenvalue weighted by Crippen LogP contribution is -2.01. The van der Waals surface area contributed by atoms with Gasteiger partial charge in [-0.2, -0.15) is 0 Å². The van der Waals surface area contributed by atoms with E-state index >= 15 is 0 Å². The zero-order chi connectivity index (χ0) is 17.7. The average Bonchev–Trinajstić information content (AvgIpc) is 2.58. The Balaban J connectivity index is 2.49. The lowest BCUT2D eigenvalue weighted by molar-refractivity contribution is 0.0693.